The predicted molar refractivity (Wildman–Crippen MR) is 103 cm³/mol. The maximum atomic E-state index is 12.7. The number of likely N-dealkylation sites (tertiary alicyclic amines) is 1. The third-order valence-electron chi connectivity index (χ3n) is 5.13. The monoisotopic (exact) mass is 369 g/mol. The van der Waals surface area contributed by atoms with Crippen LogP contribution < -0.4 is 0 Å². The van der Waals surface area contributed by atoms with Gasteiger partial charge in [0, 0.05) is 74.1 Å². The molecular formula is C19H23N5OS. The molecule has 2 aromatic rings. The first-order valence-electron chi connectivity index (χ1n) is 9.15. The zero-order valence-electron chi connectivity index (χ0n) is 14.8. The van der Waals surface area contributed by atoms with E-state index in [1.165, 1.54) is 24.6 Å². The third kappa shape index (κ3) is 3.88. The number of amides is 1. The van der Waals surface area contributed by atoms with Crippen molar-refractivity contribution in [1.82, 2.24) is 24.8 Å². The van der Waals surface area contributed by atoms with Crippen molar-refractivity contribution in [2.24, 2.45) is 0 Å². The van der Waals surface area contributed by atoms with Crippen molar-refractivity contribution in [3.63, 3.8) is 0 Å². The smallest absolute Gasteiger partial charge is 0.256 e. The minimum atomic E-state index is 0.0374. The summed E-state index contributed by atoms with van der Waals surface area (Å²) in [5.74, 6) is 3.10. The van der Waals surface area contributed by atoms with Gasteiger partial charge in [-0.05, 0) is 25.0 Å². The highest BCUT2D eigenvalue weighted by Crippen LogP contribution is 2.21. The van der Waals surface area contributed by atoms with Gasteiger partial charge in [0.15, 0.2) is 5.82 Å². The number of aromatic nitrogens is 3. The van der Waals surface area contributed by atoms with Crippen LogP contribution in [0.15, 0.2) is 36.9 Å². The summed E-state index contributed by atoms with van der Waals surface area (Å²) >= 11 is 2.04. The summed E-state index contributed by atoms with van der Waals surface area (Å²) in [5, 5.41) is 0. The molecule has 136 valence electrons. The van der Waals surface area contributed by atoms with Crippen LogP contribution in [-0.4, -0.2) is 74.4 Å². The zero-order valence-corrected chi connectivity index (χ0v) is 15.6. The number of piperidine rings is 1. The second-order valence-electron chi connectivity index (χ2n) is 6.71. The van der Waals surface area contributed by atoms with Gasteiger partial charge in [0.05, 0.1) is 5.56 Å². The molecule has 2 saturated heterocycles. The van der Waals surface area contributed by atoms with Crippen LogP contribution in [0.2, 0.25) is 0 Å². The molecule has 0 spiro atoms. The van der Waals surface area contributed by atoms with Gasteiger partial charge in [-0.1, -0.05) is 0 Å². The summed E-state index contributed by atoms with van der Waals surface area (Å²) in [5.41, 5.74) is 1.41. The lowest BCUT2D eigenvalue weighted by atomic mass is 10.0. The molecule has 2 aliphatic heterocycles. The van der Waals surface area contributed by atoms with Gasteiger partial charge in [0.25, 0.3) is 5.91 Å². The van der Waals surface area contributed by atoms with E-state index in [0.717, 1.165) is 31.5 Å². The Hall–Kier alpha value is -1.99. The lowest BCUT2D eigenvalue weighted by Gasteiger charge is -2.40. The van der Waals surface area contributed by atoms with Gasteiger partial charge in [0.1, 0.15) is 0 Å². The summed E-state index contributed by atoms with van der Waals surface area (Å²) in [7, 11) is 0. The van der Waals surface area contributed by atoms with Crippen molar-refractivity contribution < 1.29 is 4.79 Å². The van der Waals surface area contributed by atoms with E-state index in [0.29, 0.717) is 17.4 Å². The van der Waals surface area contributed by atoms with Crippen LogP contribution in [0.3, 0.4) is 0 Å². The van der Waals surface area contributed by atoms with Crippen LogP contribution in [0.4, 0.5) is 0 Å². The molecule has 6 nitrogen and oxygen atoms in total. The molecule has 26 heavy (non-hydrogen) atoms. The first kappa shape index (κ1) is 17.4. The molecule has 0 bridgehead atoms. The topological polar surface area (TPSA) is 62.2 Å². The summed E-state index contributed by atoms with van der Waals surface area (Å²) in [6, 6.07) is 4.39. The van der Waals surface area contributed by atoms with Crippen LogP contribution in [0.25, 0.3) is 11.4 Å². The van der Waals surface area contributed by atoms with E-state index in [9.17, 15) is 4.79 Å². The zero-order chi connectivity index (χ0) is 17.8. The summed E-state index contributed by atoms with van der Waals surface area (Å²) in [6.07, 6.45) is 8.82. The maximum absolute atomic E-state index is 12.7. The van der Waals surface area contributed by atoms with Crippen LogP contribution >= 0.6 is 11.8 Å². The average Bonchev–Trinajstić information content (AvgIpc) is 2.75. The summed E-state index contributed by atoms with van der Waals surface area (Å²) in [4.78, 5) is 30.1. The van der Waals surface area contributed by atoms with Crippen molar-refractivity contribution in [2.75, 3.05) is 37.7 Å². The van der Waals surface area contributed by atoms with Gasteiger partial charge in [-0.15, -0.1) is 0 Å². The Labute approximate surface area is 158 Å². The average molecular weight is 369 g/mol. The first-order valence-corrected chi connectivity index (χ1v) is 10.3. The highest BCUT2D eigenvalue weighted by atomic mass is 32.2. The van der Waals surface area contributed by atoms with Gasteiger partial charge in [-0.3, -0.25) is 14.7 Å². The lowest BCUT2D eigenvalue weighted by Crippen LogP contribution is -2.49. The lowest BCUT2D eigenvalue weighted by molar-refractivity contribution is 0.0630. The molecule has 0 saturated carbocycles. The molecule has 2 fully saturated rings. The van der Waals surface area contributed by atoms with E-state index in [1.807, 2.05) is 28.8 Å². The number of rotatable bonds is 3. The quantitative estimate of drug-likeness (QED) is 0.826. The number of carbonyl (C=O) groups excluding carboxylic acids is 1. The van der Waals surface area contributed by atoms with Crippen molar-refractivity contribution >= 4 is 17.7 Å². The third-order valence-corrected chi connectivity index (χ3v) is 6.07. The number of hydrogen-bond acceptors (Lipinski definition) is 6. The fraction of sp³-hybridized carbons (Fsp3) is 0.474. The number of hydrogen-bond donors (Lipinski definition) is 0. The molecule has 2 aliphatic rings. The summed E-state index contributed by atoms with van der Waals surface area (Å²) < 4.78 is 0. The van der Waals surface area contributed by atoms with E-state index in [2.05, 4.69) is 19.9 Å². The molecule has 4 rings (SSSR count). The fourth-order valence-corrected chi connectivity index (χ4v) is 4.57. The maximum Gasteiger partial charge on any atom is 0.256 e. The Bertz CT molecular complexity index is 725. The van der Waals surface area contributed by atoms with E-state index in [1.54, 1.807) is 24.8 Å². The Morgan fingerprint density at radius 3 is 2.42 bits per heavy atom. The number of carbonyl (C=O) groups is 1. The van der Waals surface area contributed by atoms with Crippen molar-refractivity contribution in [3.05, 3.63) is 42.5 Å². The Balaban J connectivity index is 1.36. The van der Waals surface area contributed by atoms with Gasteiger partial charge in [-0.2, -0.15) is 11.8 Å². The molecule has 0 radical (unpaired) electrons. The second kappa shape index (κ2) is 8.14. The number of nitrogens with zero attached hydrogens (tertiary/aromatic N) is 5. The number of pyridine rings is 1. The SMILES string of the molecule is O=C(c1cnc(-c2cccnc2)nc1)N1CCC(N2CCSCC2)CC1. The Kier molecular flexibility index (Phi) is 5.45. The van der Waals surface area contributed by atoms with Crippen LogP contribution in [0.5, 0.6) is 0 Å². The largest absolute Gasteiger partial charge is 0.338 e. The Morgan fingerprint density at radius 1 is 1.04 bits per heavy atom. The minimum Gasteiger partial charge on any atom is -0.338 e. The van der Waals surface area contributed by atoms with Gasteiger partial charge in [0.2, 0.25) is 0 Å². The van der Waals surface area contributed by atoms with Crippen LogP contribution in [0.1, 0.15) is 23.2 Å². The summed E-state index contributed by atoms with van der Waals surface area (Å²) in [6.45, 7) is 4.01. The minimum absolute atomic E-state index is 0.0374. The fourth-order valence-electron chi connectivity index (χ4n) is 3.64. The first-order chi connectivity index (χ1) is 12.8. The van der Waals surface area contributed by atoms with Crippen molar-refractivity contribution in [3.8, 4) is 11.4 Å². The second-order valence-corrected chi connectivity index (χ2v) is 7.93. The molecule has 0 N–H and O–H groups in total. The van der Waals surface area contributed by atoms with Crippen LogP contribution in [0, 0.1) is 0 Å². The normalized spacial score (nSPS) is 19.5. The predicted octanol–water partition coefficient (Wildman–Crippen LogP) is 2.19. The molecule has 1 amide bonds. The van der Waals surface area contributed by atoms with E-state index >= 15 is 0 Å². The molecule has 2 aromatic heterocycles. The van der Waals surface area contributed by atoms with Crippen molar-refractivity contribution in [1.29, 1.82) is 0 Å². The molecular weight excluding hydrogens is 346 g/mol. The highest BCUT2D eigenvalue weighted by molar-refractivity contribution is 7.99. The molecule has 4 heterocycles. The standard InChI is InChI=1S/C19H23N5OS/c25-19(16-13-21-18(22-14-16)15-2-1-5-20-12-15)24-6-3-17(4-7-24)23-8-10-26-11-9-23/h1-2,5,12-14,17H,3-4,6-11H2. The molecule has 0 aromatic carbocycles. The Morgan fingerprint density at radius 2 is 1.77 bits per heavy atom. The van der Waals surface area contributed by atoms with Crippen LogP contribution in [-0.2, 0) is 0 Å². The molecule has 0 atom stereocenters. The highest BCUT2D eigenvalue weighted by Gasteiger charge is 2.28. The molecule has 0 unspecified atom stereocenters. The van der Waals surface area contributed by atoms with Gasteiger partial charge < -0.3 is 4.90 Å². The van der Waals surface area contributed by atoms with Crippen molar-refractivity contribution in [2.45, 2.75) is 18.9 Å². The van der Waals surface area contributed by atoms with E-state index in [-0.39, 0.29) is 5.91 Å². The number of thioether (sulfide) groups is 1. The van der Waals surface area contributed by atoms with E-state index in [4.69, 9.17) is 0 Å². The molecule has 0 aliphatic carbocycles. The van der Waals surface area contributed by atoms with Gasteiger partial charge >= 0.3 is 0 Å². The van der Waals surface area contributed by atoms with Gasteiger partial charge in [-0.25, -0.2) is 9.97 Å². The van der Waals surface area contributed by atoms with E-state index < -0.39 is 0 Å². The molecule has 7 heteroatoms.